The third-order valence-corrected chi connectivity index (χ3v) is 4.43. The van der Waals surface area contributed by atoms with Crippen molar-refractivity contribution in [3.63, 3.8) is 0 Å². The molecule has 0 amide bonds. The molecule has 6 nitrogen and oxygen atoms in total. The molecule has 0 radical (unpaired) electrons. The molecule has 2 heterocycles. The van der Waals surface area contributed by atoms with Crippen LogP contribution in [-0.2, 0) is 6.54 Å². The van der Waals surface area contributed by atoms with E-state index in [4.69, 9.17) is 5.73 Å². The Morgan fingerprint density at radius 1 is 1.12 bits per heavy atom. The Morgan fingerprint density at radius 3 is 2.76 bits per heavy atom. The number of nitrogen functional groups attached to an aromatic ring is 1. The monoisotopic (exact) mass is 335 g/mol. The van der Waals surface area contributed by atoms with Crippen molar-refractivity contribution in [2.75, 3.05) is 5.73 Å². The molecule has 3 aromatic rings. The number of phenols is 2. The molecule has 2 aromatic carbocycles. The first-order chi connectivity index (χ1) is 12.0. The number of aromatic nitrogens is 2. The van der Waals surface area contributed by atoms with Gasteiger partial charge < -0.3 is 15.9 Å². The number of anilines is 1. The quantitative estimate of drug-likeness (QED) is 0.469. The molecule has 0 fully saturated rings. The predicted octanol–water partition coefficient (Wildman–Crippen LogP) is 2.72. The van der Waals surface area contributed by atoms with Crippen LogP contribution in [0.1, 0.15) is 24.2 Å². The fourth-order valence-corrected chi connectivity index (χ4v) is 3.20. The van der Waals surface area contributed by atoms with Gasteiger partial charge in [-0.2, -0.15) is 0 Å². The summed E-state index contributed by atoms with van der Waals surface area (Å²) >= 11 is 0. The van der Waals surface area contributed by atoms with Gasteiger partial charge in [-0.1, -0.05) is 6.07 Å². The molecule has 4 N–H and O–H groups in total. The lowest BCUT2D eigenvalue weighted by Crippen LogP contribution is -2.27. The smallest absolute Gasteiger partial charge is 0.261 e. The lowest BCUT2D eigenvalue weighted by Gasteiger charge is -2.21. The van der Waals surface area contributed by atoms with E-state index in [0.29, 0.717) is 29.0 Å². The SMILES string of the molecule is Nc1ccc2c(=O)n3c(nc2c1)/C(=C/c1ccc(O)c(O)c1)CCC3. The third kappa shape index (κ3) is 2.61. The van der Waals surface area contributed by atoms with Crippen LogP contribution in [0.4, 0.5) is 5.69 Å². The fourth-order valence-electron chi connectivity index (χ4n) is 3.20. The van der Waals surface area contributed by atoms with E-state index in [1.54, 1.807) is 28.8 Å². The van der Waals surface area contributed by atoms with Crippen LogP contribution in [0.5, 0.6) is 11.5 Å². The summed E-state index contributed by atoms with van der Waals surface area (Å²) in [6.45, 7) is 0.625. The second-order valence-corrected chi connectivity index (χ2v) is 6.19. The Labute approximate surface area is 143 Å². The zero-order chi connectivity index (χ0) is 17.6. The summed E-state index contributed by atoms with van der Waals surface area (Å²) in [6.07, 6.45) is 3.50. The predicted molar refractivity (Wildman–Crippen MR) is 97.3 cm³/mol. The Morgan fingerprint density at radius 2 is 1.96 bits per heavy atom. The van der Waals surface area contributed by atoms with Crippen LogP contribution in [0.25, 0.3) is 22.6 Å². The summed E-state index contributed by atoms with van der Waals surface area (Å²) in [5, 5.41) is 19.7. The van der Waals surface area contributed by atoms with Crippen LogP contribution >= 0.6 is 0 Å². The summed E-state index contributed by atoms with van der Waals surface area (Å²) in [5.74, 6) is 0.283. The molecule has 0 bridgehead atoms. The van der Waals surface area contributed by atoms with Crippen molar-refractivity contribution in [1.82, 2.24) is 9.55 Å². The highest BCUT2D eigenvalue weighted by atomic mass is 16.3. The van der Waals surface area contributed by atoms with Crippen molar-refractivity contribution in [2.45, 2.75) is 19.4 Å². The largest absolute Gasteiger partial charge is 0.504 e. The average Bonchev–Trinajstić information content (AvgIpc) is 2.59. The van der Waals surface area contributed by atoms with Gasteiger partial charge >= 0.3 is 0 Å². The van der Waals surface area contributed by atoms with Gasteiger partial charge in [-0.25, -0.2) is 4.98 Å². The first-order valence-electron chi connectivity index (χ1n) is 8.06. The summed E-state index contributed by atoms with van der Waals surface area (Å²) in [5.41, 5.74) is 8.55. The molecular formula is C19H17N3O3. The summed E-state index contributed by atoms with van der Waals surface area (Å²) < 4.78 is 1.69. The van der Waals surface area contributed by atoms with Crippen molar-refractivity contribution < 1.29 is 10.2 Å². The number of nitrogens with zero attached hydrogens (tertiary/aromatic N) is 2. The van der Waals surface area contributed by atoms with Crippen molar-refractivity contribution in [3.05, 3.63) is 58.1 Å². The number of phenolic OH excluding ortho intramolecular Hbond substituents is 2. The zero-order valence-electron chi connectivity index (χ0n) is 13.4. The van der Waals surface area contributed by atoms with E-state index in [1.165, 1.54) is 12.1 Å². The molecule has 0 spiro atoms. The standard InChI is InChI=1S/C19H17N3O3/c20-13-4-5-14-15(10-13)21-18-12(2-1-7-22(18)19(14)25)8-11-3-6-16(23)17(24)9-11/h3-6,8-10,23-24H,1-2,7,20H2/b12-8+. The molecule has 0 saturated heterocycles. The van der Waals surface area contributed by atoms with Crippen LogP contribution < -0.4 is 11.3 Å². The molecule has 1 aliphatic rings. The summed E-state index contributed by atoms with van der Waals surface area (Å²) in [4.78, 5) is 17.4. The second-order valence-electron chi connectivity index (χ2n) is 6.19. The minimum absolute atomic E-state index is 0.0702. The molecule has 6 heteroatoms. The second kappa shape index (κ2) is 5.66. The van der Waals surface area contributed by atoms with Crippen molar-refractivity contribution in [1.29, 1.82) is 0 Å². The Balaban J connectivity index is 1.91. The minimum atomic E-state index is -0.179. The van der Waals surface area contributed by atoms with E-state index < -0.39 is 0 Å². The summed E-state index contributed by atoms with van der Waals surface area (Å²) in [7, 11) is 0. The normalized spacial score (nSPS) is 15.4. The Kier molecular flexibility index (Phi) is 3.46. The maximum absolute atomic E-state index is 12.8. The molecule has 0 aliphatic carbocycles. The minimum Gasteiger partial charge on any atom is -0.504 e. The first kappa shape index (κ1) is 15.3. The van der Waals surface area contributed by atoms with Gasteiger partial charge in [0, 0.05) is 12.2 Å². The first-order valence-corrected chi connectivity index (χ1v) is 8.06. The van der Waals surface area contributed by atoms with Gasteiger partial charge in [0.1, 0.15) is 5.82 Å². The highest BCUT2D eigenvalue weighted by Gasteiger charge is 2.19. The average molecular weight is 335 g/mol. The van der Waals surface area contributed by atoms with Crippen molar-refractivity contribution in [3.8, 4) is 11.5 Å². The summed E-state index contributed by atoms with van der Waals surface area (Å²) in [6, 6.07) is 9.75. The number of aromatic hydroxyl groups is 2. The number of hydrogen-bond acceptors (Lipinski definition) is 5. The molecule has 126 valence electrons. The maximum atomic E-state index is 12.8. The highest BCUT2D eigenvalue weighted by Crippen LogP contribution is 2.30. The van der Waals surface area contributed by atoms with E-state index in [0.717, 1.165) is 24.0 Å². The fraction of sp³-hybridized carbons (Fsp3) is 0.158. The van der Waals surface area contributed by atoms with Gasteiger partial charge in [-0.05, 0) is 60.4 Å². The molecule has 0 unspecified atom stereocenters. The lowest BCUT2D eigenvalue weighted by molar-refractivity contribution is 0.403. The maximum Gasteiger partial charge on any atom is 0.261 e. The van der Waals surface area contributed by atoms with E-state index in [9.17, 15) is 15.0 Å². The van der Waals surface area contributed by atoms with Crippen molar-refractivity contribution in [2.24, 2.45) is 0 Å². The zero-order valence-corrected chi connectivity index (χ0v) is 13.4. The third-order valence-electron chi connectivity index (χ3n) is 4.43. The number of fused-ring (bicyclic) bond motifs is 2. The number of nitrogens with two attached hydrogens (primary N) is 1. The van der Waals surface area contributed by atoms with Gasteiger partial charge in [0.25, 0.3) is 5.56 Å². The Hall–Kier alpha value is -3.28. The van der Waals surface area contributed by atoms with E-state index in [1.807, 2.05) is 6.08 Å². The van der Waals surface area contributed by atoms with E-state index in [-0.39, 0.29) is 17.1 Å². The van der Waals surface area contributed by atoms with E-state index in [2.05, 4.69) is 4.98 Å². The lowest BCUT2D eigenvalue weighted by atomic mass is 10.0. The number of benzene rings is 2. The van der Waals surface area contributed by atoms with Gasteiger partial charge in [0.05, 0.1) is 10.9 Å². The van der Waals surface area contributed by atoms with Crippen molar-refractivity contribution >= 4 is 28.2 Å². The molecule has 1 aliphatic heterocycles. The molecule has 0 saturated carbocycles. The highest BCUT2D eigenvalue weighted by molar-refractivity contribution is 5.85. The van der Waals surface area contributed by atoms with Crippen LogP contribution in [0.2, 0.25) is 0 Å². The van der Waals surface area contributed by atoms with Gasteiger partial charge in [-0.3, -0.25) is 9.36 Å². The van der Waals surface area contributed by atoms with E-state index >= 15 is 0 Å². The van der Waals surface area contributed by atoms with Crippen LogP contribution in [0, 0.1) is 0 Å². The molecule has 1 aromatic heterocycles. The number of rotatable bonds is 1. The molecular weight excluding hydrogens is 318 g/mol. The molecule has 25 heavy (non-hydrogen) atoms. The number of hydrogen-bond donors (Lipinski definition) is 3. The van der Waals surface area contributed by atoms with Crippen LogP contribution in [0.3, 0.4) is 0 Å². The van der Waals surface area contributed by atoms with Gasteiger partial charge in [0.2, 0.25) is 0 Å². The number of allylic oxidation sites excluding steroid dienone is 1. The molecule has 4 rings (SSSR count). The van der Waals surface area contributed by atoms with Gasteiger partial charge in [-0.15, -0.1) is 0 Å². The van der Waals surface area contributed by atoms with Crippen LogP contribution in [0.15, 0.2) is 41.2 Å². The van der Waals surface area contributed by atoms with Gasteiger partial charge in [0.15, 0.2) is 11.5 Å². The molecule has 0 atom stereocenters. The van der Waals surface area contributed by atoms with Crippen LogP contribution in [-0.4, -0.2) is 19.8 Å². The topological polar surface area (TPSA) is 101 Å². The Bertz CT molecular complexity index is 1080.